The standard InChI is InChI=1S/C16H21N3O4S/c1-9(2)15-18-19-16(24-15)17-13(20)8-10-6-11(21-3)14(23-5)12(7-10)22-4/h6-7,9H,8H2,1-5H3,(H,17,19,20). The Morgan fingerprint density at radius 3 is 2.21 bits per heavy atom. The fourth-order valence-corrected chi connectivity index (χ4v) is 2.87. The number of carbonyl (C=O) groups excluding carboxylic acids is 1. The van der Waals surface area contributed by atoms with Gasteiger partial charge in [-0.25, -0.2) is 0 Å². The van der Waals surface area contributed by atoms with E-state index in [1.165, 1.54) is 32.7 Å². The van der Waals surface area contributed by atoms with E-state index in [9.17, 15) is 4.79 Å². The number of nitrogens with one attached hydrogen (secondary N) is 1. The molecule has 0 bridgehead atoms. The van der Waals surface area contributed by atoms with Crippen molar-refractivity contribution in [2.75, 3.05) is 26.6 Å². The van der Waals surface area contributed by atoms with Gasteiger partial charge in [0.15, 0.2) is 11.5 Å². The molecule has 0 saturated carbocycles. The SMILES string of the molecule is COc1cc(CC(=O)Nc2nnc(C(C)C)s2)cc(OC)c1OC. The van der Waals surface area contributed by atoms with Crippen molar-refractivity contribution in [3.63, 3.8) is 0 Å². The van der Waals surface area contributed by atoms with Crippen LogP contribution in [-0.2, 0) is 11.2 Å². The van der Waals surface area contributed by atoms with Crippen LogP contribution in [0.1, 0.15) is 30.3 Å². The number of hydrogen-bond acceptors (Lipinski definition) is 7. The van der Waals surface area contributed by atoms with Crippen LogP contribution in [0.2, 0.25) is 0 Å². The highest BCUT2D eigenvalue weighted by Gasteiger charge is 2.16. The number of nitrogens with zero attached hydrogens (tertiary/aromatic N) is 2. The molecule has 0 fully saturated rings. The van der Waals surface area contributed by atoms with Gasteiger partial charge in [-0.2, -0.15) is 0 Å². The molecule has 0 radical (unpaired) electrons. The Labute approximate surface area is 145 Å². The second kappa shape index (κ2) is 7.96. The van der Waals surface area contributed by atoms with Gasteiger partial charge in [-0.05, 0) is 17.7 Å². The summed E-state index contributed by atoms with van der Waals surface area (Å²) in [5.41, 5.74) is 0.746. The zero-order valence-electron chi connectivity index (χ0n) is 14.4. The van der Waals surface area contributed by atoms with Crippen molar-refractivity contribution in [2.24, 2.45) is 0 Å². The van der Waals surface area contributed by atoms with Crippen LogP contribution in [-0.4, -0.2) is 37.4 Å². The van der Waals surface area contributed by atoms with Gasteiger partial charge in [0, 0.05) is 5.92 Å². The first kappa shape index (κ1) is 18.0. The van der Waals surface area contributed by atoms with E-state index in [0.717, 1.165) is 10.6 Å². The minimum atomic E-state index is -0.185. The summed E-state index contributed by atoms with van der Waals surface area (Å²) in [7, 11) is 4.61. The molecule has 0 saturated heterocycles. The summed E-state index contributed by atoms with van der Waals surface area (Å²) >= 11 is 1.38. The van der Waals surface area contributed by atoms with Crippen LogP contribution < -0.4 is 19.5 Å². The Hall–Kier alpha value is -2.35. The van der Waals surface area contributed by atoms with E-state index in [1.807, 2.05) is 13.8 Å². The first-order valence-corrected chi connectivity index (χ1v) is 8.22. The van der Waals surface area contributed by atoms with Crippen molar-refractivity contribution in [1.29, 1.82) is 0 Å². The number of aromatic nitrogens is 2. The molecule has 130 valence electrons. The summed E-state index contributed by atoms with van der Waals surface area (Å²) in [5.74, 6) is 1.61. The molecule has 8 heteroatoms. The molecule has 2 aromatic rings. The summed E-state index contributed by atoms with van der Waals surface area (Å²) in [4.78, 5) is 12.2. The van der Waals surface area contributed by atoms with E-state index in [2.05, 4.69) is 15.5 Å². The highest BCUT2D eigenvalue weighted by atomic mass is 32.1. The number of benzene rings is 1. The van der Waals surface area contributed by atoms with Gasteiger partial charge in [-0.15, -0.1) is 10.2 Å². The van der Waals surface area contributed by atoms with Crippen LogP contribution in [0.4, 0.5) is 5.13 Å². The smallest absolute Gasteiger partial charge is 0.230 e. The lowest BCUT2D eigenvalue weighted by Gasteiger charge is -2.13. The Bertz CT molecular complexity index is 690. The molecule has 0 aliphatic heterocycles. The van der Waals surface area contributed by atoms with E-state index < -0.39 is 0 Å². The average Bonchev–Trinajstić information content (AvgIpc) is 3.02. The molecule has 7 nitrogen and oxygen atoms in total. The van der Waals surface area contributed by atoms with Crippen molar-refractivity contribution in [2.45, 2.75) is 26.2 Å². The molecule has 0 aliphatic carbocycles. The second-order valence-electron chi connectivity index (χ2n) is 5.36. The Kier molecular flexibility index (Phi) is 5.97. The first-order valence-electron chi connectivity index (χ1n) is 7.40. The van der Waals surface area contributed by atoms with Gasteiger partial charge in [-0.1, -0.05) is 25.2 Å². The van der Waals surface area contributed by atoms with Crippen LogP contribution >= 0.6 is 11.3 Å². The van der Waals surface area contributed by atoms with Crippen molar-refractivity contribution >= 4 is 22.4 Å². The topological polar surface area (TPSA) is 82.6 Å². The van der Waals surface area contributed by atoms with Crippen molar-refractivity contribution in [3.05, 3.63) is 22.7 Å². The second-order valence-corrected chi connectivity index (χ2v) is 6.37. The van der Waals surface area contributed by atoms with Gasteiger partial charge in [-0.3, -0.25) is 4.79 Å². The number of amides is 1. The molecule has 1 heterocycles. The lowest BCUT2D eigenvalue weighted by Crippen LogP contribution is -2.14. The van der Waals surface area contributed by atoms with Gasteiger partial charge < -0.3 is 19.5 Å². The van der Waals surface area contributed by atoms with Crippen LogP contribution in [0.5, 0.6) is 17.2 Å². The van der Waals surface area contributed by atoms with Crippen molar-refractivity contribution in [1.82, 2.24) is 10.2 Å². The fourth-order valence-electron chi connectivity index (χ4n) is 2.10. The predicted octanol–water partition coefficient (Wildman–Crippen LogP) is 2.87. The number of anilines is 1. The maximum atomic E-state index is 12.2. The van der Waals surface area contributed by atoms with Gasteiger partial charge >= 0.3 is 0 Å². The van der Waals surface area contributed by atoms with Crippen LogP contribution in [0.3, 0.4) is 0 Å². The molecule has 2 rings (SSSR count). The molecule has 1 aromatic heterocycles. The maximum absolute atomic E-state index is 12.2. The number of carbonyl (C=O) groups is 1. The summed E-state index contributed by atoms with van der Waals surface area (Å²) in [6.07, 6.45) is 0.160. The zero-order chi connectivity index (χ0) is 17.7. The molecule has 1 amide bonds. The molecular weight excluding hydrogens is 330 g/mol. The van der Waals surface area contributed by atoms with E-state index in [1.54, 1.807) is 12.1 Å². The van der Waals surface area contributed by atoms with Crippen LogP contribution in [0.25, 0.3) is 0 Å². The third kappa shape index (κ3) is 4.14. The molecule has 0 spiro atoms. The Balaban J connectivity index is 2.13. The minimum absolute atomic E-state index is 0.160. The zero-order valence-corrected chi connectivity index (χ0v) is 15.2. The maximum Gasteiger partial charge on any atom is 0.230 e. The third-order valence-corrected chi connectivity index (χ3v) is 4.41. The number of methoxy groups -OCH3 is 3. The highest BCUT2D eigenvalue weighted by Crippen LogP contribution is 2.38. The predicted molar refractivity (Wildman–Crippen MR) is 92.4 cm³/mol. The molecule has 0 aliphatic rings. The van der Waals surface area contributed by atoms with Gasteiger partial charge in [0.05, 0.1) is 27.8 Å². The van der Waals surface area contributed by atoms with Crippen molar-refractivity contribution < 1.29 is 19.0 Å². The third-order valence-electron chi connectivity index (χ3n) is 3.27. The Morgan fingerprint density at radius 1 is 1.12 bits per heavy atom. The molecular formula is C16H21N3O4S. The molecule has 0 unspecified atom stereocenters. The number of rotatable bonds is 7. The Morgan fingerprint density at radius 2 is 1.75 bits per heavy atom. The quantitative estimate of drug-likeness (QED) is 0.826. The van der Waals surface area contributed by atoms with E-state index in [4.69, 9.17) is 14.2 Å². The lowest BCUT2D eigenvalue weighted by atomic mass is 10.1. The lowest BCUT2D eigenvalue weighted by molar-refractivity contribution is -0.115. The summed E-state index contributed by atoms with van der Waals surface area (Å²) < 4.78 is 15.9. The van der Waals surface area contributed by atoms with Gasteiger partial charge in [0.1, 0.15) is 5.01 Å². The van der Waals surface area contributed by atoms with E-state index >= 15 is 0 Å². The van der Waals surface area contributed by atoms with Crippen LogP contribution in [0, 0.1) is 0 Å². The van der Waals surface area contributed by atoms with E-state index in [-0.39, 0.29) is 18.2 Å². The number of ether oxygens (including phenoxy) is 3. The number of hydrogen-bond donors (Lipinski definition) is 1. The largest absolute Gasteiger partial charge is 0.493 e. The van der Waals surface area contributed by atoms with Gasteiger partial charge in [0.2, 0.25) is 16.8 Å². The molecule has 1 aromatic carbocycles. The van der Waals surface area contributed by atoms with Crippen molar-refractivity contribution in [3.8, 4) is 17.2 Å². The average molecular weight is 351 g/mol. The summed E-state index contributed by atoms with van der Waals surface area (Å²) in [6.45, 7) is 4.06. The molecule has 24 heavy (non-hydrogen) atoms. The summed E-state index contributed by atoms with van der Waals surface area (Å²) in [6, 6.07) is 3.50. The molecule has 0 atom stereocenters. The fraction of sp³-hybridized carbons (Fsp3) is 0.438. The van der Waals surface area contributed by atoms with Crippen LogP contribution in [0.15, 0.2) is 12.1 Å². The van der Waals surface area contributed by atoms with Gasteiger partial charge in [0.25, 0.3) is 0 Å². The normalized spacial score (nSPS) is 10.6. The first-order chi connectivity index (χ1) is 11.5. The minimum Gasteiger partial charge on any atom is -0.493 e. The van der Waals surface area contributed by atoms with E-state index in [0.29, 0.717) is 22.4 Å². The highest BCUT2D eigenvalue weighted by molar-refractivity contribution is 7.15. The molecule has 1 N–H and O–H groups in total. The monoisotopic (exact) mass is 351 g/mol. The summed E-state index contributed by atoms with van der Waals surface area (Å²) in [5, 5.41) is 12.2.